The molecule has 0 saturated carbocycles. The predicted octanol–water partition coefficient (Wildman–Crippen LogP) is 1.76. The zero-order valence-electron chi connectivity index (χ0n) is 14.1. The van der Waals surface area contributed by atoms with Crippen LogP contribution in [0.1, 0.15) is 13.8 Å². The minimum atomic E-state index is -4.00. The number of ether oxygens (including phenoxy) is 1. The lowest BCUT2D eigenvalue weighted by molar-refractivity contribution is -0.127. The summed E-state index contributed by atoms with van der Waals surface area (Å²) < 4.78 is 31.1. The summed E-state index contributed by atoms with van der Waals surface area (Å²) in [6, 6.07) is 4.51. The molecule has 1 aromatic carbocycles. The Morgan fingerprint density at radius 2 is 2.00 bits per heavy atom. The fourth-order valence-electron chi connectivity index (χ4n) is 2.79. The van der Waals surface area contributed by atoms with Crippen LogP contribution >= 0.6 is 11.6 Å². The lowest BCUT2D eigenvalue weighted by Gasteiger charge is -2.31. The zero-order chi connectivity index (χ0) is 18.2. The average Bonchev–Trinajstić information content (AvgIpc) is 2.57. The zero-order valence-corrected chi connectivity index (χ0v) is 15.7. The third kappa shape index (κ3) is 3.51. The molecule has 1 saturated heterocycles. The molecule has 0 bridgehead atoms. The minimum Gasteiger partial charge on any atom is -0.378 e. The van der Waals surface area contributed by atoms with Gasteiger partial charge in [-0.25, -0.2) is 8.42 Å². The Balaban J connectivity index is 2.07. The molecule has 0 atom stereocenters. The van der Waals surface area contributed by atoms with Crippen molar-refractivity contribution in [3.63, 3.8) is 0 Å². The number of carbonyl (C=O) groups excluding carboxylic acids is 1. The number of morpholine rings is 1. The van der Waals surface area contributed by atoms with E-state index in [-0.39, 0.29) is 10.8 Å². The van der Waals surface area contributed by atoms with Gasteiger partial charge in [0, 0.05) is 24.7 Å². The number of fused-ring (bicyclic) bond motifs is 1. The second-order valence-electron chi connectivity index (χ2n) is 6.40. The highest BCUT2D eigenvalue weighted by Crippen LogP contribution is 2.34. The van der Waals surface area contributed by atoms with Crippen LogP contribution in [0.15, 0.2) is 28.2 Å². The van der Waals surface area contributed by atoms with Gasteiger partial charge in [0.2, 0.25) is 14.9 Å². The summed E-state index contributed by atoms with van der Waals surface area (Å²) >= 11 is 6.03. The highest BCUT2D eigenvalue weighted by molar-refractivity contribution is 8.08. The minimum absolute atomic E-state index is 0.0594. The van der Waals surface area contributed by atoms with Gasteiger partial charge in [-0.05, 0) is 24.1 Å². The van der Waals surface area contributed by atoms with Crippen LogP contribution < -0.4 is 5.01 Å². The Morgan fingerprint density at radius 3 is 2.64 bits per heavy atom. The van der Waals surface area contributed by atoms with Crippen LogP contribution in [-0.4, -0.2) is 57.1 Å². The van der Waals surface area contributed by atoms with Crippen LogP contribution in [0.25, 0.3) is 0 Å². The topological polar surface area (TPSA) is 79.3 Å². The molecule has 0 N–H and O–H groups in total. The van der Waals surface area contributed by atoms with E-state index in [0.717, 1.165) is 0 Å². The van der Waals surface area contributed by atoms with Gasteiger partial charge in [0.15, 0.2) is 0 Å². The van der Waals surface area contributed by atoms with Crippen molar-refractivity contribution in [3.05, 3.63) is 23.2 Å². The van der Waals surface area contributed by atoms with Crippen molar-refractivity contribution in [1.29, 1.82) is 0 Å². The molecule has 1 fully saturated rings. The molecule has 9 heteroatoms. The maximum atomic E-state index is 13.0. The monoisotopic (exact) mass is 385 g/mol. The summed E-state index contributed by atoms with van der Waals surface area (Å²) in [6.45, 7) is 5.94. The van der Waals surface area contributed by atoms with Crippen molar-refractivity contribution < 1.29 is 17.9 Å². The standard InChI is InChI=1S/C16H20ClN3O4S/c1-11(2)10-20-13-9-12(17)3-4-14(13)25(22,23)15(18-20)16(21)19-5-7-24-8-6-19/h3-4,9,11H,5-8,10H2,1-2H3. The molecule has 2 heterocycles. The van der Waals surface area contributed by atoms with E-state index in [4.69, 9.17) is 16.3 Å². The molecule has 0 aromatic heterocycles. The molecular formula is C16H20ClN3O4S. The van der Waals surface area contributed by atoms with Crippen LogP contribution in [0, 0.1) is 5.92 Å². The predicted molar refractivity (Wildman–Crippen MR) is 95.7 cm³/mol. The summed E-state index contributed by atoms with van der Waals surface area (Å²) in [4.78, 5) is 14.3. The van der Waals surface area contributed by atoms with Gasteiger partial charge < -0.3 is 9.64 Å². The molecule has 1 amide bonds. The third-order valence-corrected chi connectivity index (χ3v) is 5.90. The van der Waals surface area contributed by atoms with Gasteiger partial charge >= 0.3 is 0 Å². The molecule has 1 aromatic rings. The SMILES string of the molecule is CC(C)CN1N=C(C(=O)N2CCOCC2)S(=O)(=O)c2ccc(Cl)cc21. The Labute approximate surface area is 152 Å². The van der Waals surface area contributed by atoms with Crippen molar-refractivity contribution in [2.45, 2.75) is 18.7 Å². The Morgan fingerprint density at radius 1 is 1.32 bits per heavy atom. The van der Waals surface area contributed by atoms with E-state index in [0.29, 0.717) is 43.6 Å². The molecular weight excluding hydrogens is 366 g/mol. The number of hydrazone groups is 1. The van der Waals surface area contributed by atoms with Gasteiger partial charge in [-0.1, -0.05) is 25.4 Å². The fourth-order valence-corrected chi connectivity index (χ4v) is 4.41. The fraction of sp³-hybridized carbons (Fsp3) is 0.500. The van der Waals surface area contributed by atoms with E-state index in [1.165, 1.54) is 17.0 Å². The highest BCUT2D eigenvalue weighted by atomic mass is 35.5. The Bertz CT molecular complexity index is 817. The summed E-state index contributed by atoms with van der Waals surface area (Å²) in [5.74, 6) is -0.367. The lowest BCUT2D eigenvalue weighted by atomic mass is 10.2. The van der Waals surface area contributed by atoms with E-state index in [1.54, 1.807) is 11.1 Å². The molecule has 0 aliphatic carbocycles. The van der Waals surface area contributed by atoms with Crippen LogP contribution in [0.3, 0.4) is 0 Å². The first-order valence-electron chi connectivity index (χ1n) is 8.08. The van der Waals surface area contributed by atoms with Gasteiger partial charge in [-0.15, -0.1) is 0 Å². The second-order valence-corrected chi connectivity index (χ2v) is 8.67. The maximum Gasteiger partial charge on any atom is 0.286 e. The largest absolute Gasteiger partial charge is 0.378 e. The van der Waals surface area contributed by atoms with Crippen molar-refractivity contribution in [3.8, 4) is 0 Å². The first kappa shape index (κ1) is 18.2. The van der Waals surface area contributed by atoms with E-state index in [1.807, 2.05) is 13.8 Å². The summed E-state index contributed by atoms with van der Waals surface area (Å²) in [5.41, 5.74) is 0.403. The number of amides is 1. The summed E-state index contributed by atoms with van der Waals surface area (Å²) in [6.07, 6.45) is 0. The van der Waals surface area contributed by atoms with Crippen molar-refractivity contribution >= 4 is 38.1 Å². The van der Waals surface area contributed by atoms with E-state index in [9.17, 15) is 13.2 Å². The van der Waals surface area contributed by atoms with Gasteiger partial charge in [0.1, 0.15) is 0 Å². The van der Waals surface area contributed by atoms with Crippen LogP contribution in [0.4, 0.5) is 5.69 Å². The molecule has 0 radical (unpaired) electrons. The molecule has 7 nitrogen and oxygen atoms in total. The lowest BCUT2D eigenvalue weighted by Crippen LogP contribution is -2.48. The summed E-state index contributed by atoms with van der Waals surface area (Å²) in [7, 11) is -4.00. The molecule has 3 rings (SSSR count). The average molecular weight is 386 g/mol. The van der Waals surface area contributed by atoms with Crippen molar-refractivity contribution in [2.75, 3.05) is 37.9 Å². The normalized spacial score (nSPS) is 19.6. The molecule has 136 valence electrons. The van der Waals surface area contributed by atoms with Crippen LogP contribution in [0.2, 0.25) is 5.02 Å². The van der Waals surface area contributed by atoms with Gasteiger partial charge in [0.25, 0.3) is 5.91 Å². The number of anilines is 1. The Hall–Kier alpha value is -1.64. The smallest absolute Gasteiger partial charge is 0.286 e. The number of sulfone groups is 1. The molecule has 2 aliphatic rings. The van der Waals surface area contributed by atoms with Crippen molar-refractivity contribution in [1.82, 2.24) is 4.90 Å². The number of rotatable bonds is 3. The highest BCUT2D eigenvalue weighted by Gasteiger charge is 2.39. The number of carbonyl (C=O) groups is 1. The van der Waals surface area contributed by atoms with E-state index < -0.39 is 20.8 Å². The number of halogens is 1. The Kier molecular flexibility index (Phi) is 5.04. The molecule has 2 aliphatic heterocycles. The summed E-state index contributed by atoms with van der Waals surface area (Å²) in [5, 5.41) is 5.74. The molecule has 0 unspecified atom stereocenters. The first-order chi connectivity index (χ1) is 11.8. The van der Waals surface area contributed by atoms with Gasteiger partial charge in [0.05, 0.1) is 23.8 Å². The number of hydrogen-bond acceptors (Lipinski definition) is 6. The van der Waals surface area contributed by atoms with Gasteiger partial charge in [-0.2, -0.15) is 5.10 Å². The maximum absolute atomic E-state index is 13.0. The first-order valence-corrected chi connectivity index (χ1v) is 9.94. The quantitative estimate of drug-likeness (QED) is 0.792. The van der Waals surface area contributed by atoms with E-state index in [2.05, 4.69) is 5.10 Å². The second kappa shape index (κ2) is 6.93. The molecule has 0 spiro atoms. The van der Waals surface area contributed by atoms with Crippen molar-refractivity contribution in [2.24, 2.45) is 11.0 Å². The van der Waals surface area contributed by atoms with Gasteiger partial charge in [-0.3, -0.25) is 9.80 Å². The number of hydrogen-bond donors (Lipinski definition) is 0. The van der Waals surface area contributed by atoms with E-state index >= 15 is 0 Å². The van der Waals surface area contributed by atoms with Crippen LogP contribution in [-0.2, 0) is 19.4 Å². The molecule has 25 heavy (non-hydrogen) atoms. The number of benzene rings is 1. The van der Waals surface area contributed by atoms with Crippen LogP contribution in [0.5, 0.6) is 0 Å². The third-order valence-electron chi connectivity index (χ3n) is 3.97. The number of nitrogens with zero attached hydrogens (tertiary/aromatic N) is 3.